The Labute approximate surface area is 189 Å². The van der Waals surface area contributed by atoms with Crippen LogP contribution in [0.2, 0.25) is 0 Å². The van der Waals surface area contributed by atoms with Crippen molar-refractivity contribution in [3.63, 3.8) is 0 Å². The lowest BCUT2D eigenvalue weighted by Gasteiger charge is -2.11. The minimum Gasteiger partial charge on any atom is -0.454 e. The van der Waals surface area contributed by atoms with Crippen molar-refractivity contribution in [2.45, 2.75) is 25.5 Å². The van der Waals surface area contributed by atoms with Crippen LogP contribution in [0.1, 0.15) is 27.3 Å². The normalized spacial score (nSPS) is 12.3. The van der Waals surface area contributed by atoms with Crippen molar-refractivity contribution in [1.29, 1.82) is 0 Å². The van der Waals surface area contributed by atoms with Crippen molar-refractivity contribution in [3.05, 3.63) is 77.1 Å². The molecule has 5 rings (SSSR count). The molecule has 4 aromatic rings. The number of thioether (sulfide) groups is 1. The van der Waals surface area contributed by atoms with Crippen LogP contribution < -0.4 is 9.47 Å². The number of hydrogen-bond donors (Lipinski definition) is 1. The Hall–Kier alpha value is -3.52. The number of Topliss-reactive ketones (excluding diaryl/α,β-unsaturated/α-hetero) is 1. The van der Waals surface area contributed by atoms with Crippen molar-refractivity contribution in [1.82, 2.24) is 19.7 Å². The van der Waals surface area contributed by atoms with E-state index in [1.54, 1.807) is 0 Å². The van der Waals surface area contributed by atoms with Crippen LogP contribution in [-0.2, 0) is 6.54 Å². The summed E-state index contributed by atoms with van der Waals surface area (Å²) in [6.45, 7) is 4.65. The van der Waals surface area contributed by atoms with Gasteiger partial charge < -0.3 is 14.5 Å². The average molecular weight is 447 g/mol. The van der Waals surface area contributed by atoms with E-state index in [-0.39, 0.29) is 18.3 Å². The molecule has 1 N–H and O–H groups in total. The van der Waals surface area contributed by atoms with Crippen LogP contribution >= 0.6 is 11.8 Å². The molecule has 1 aliphatic heterocycles. The molecule has 0 radical (unpaired) electrons. The topological polar surface area (TPSA) is 82.0 Å². The molecule has 0 spiro atoms. The number of fused-ring (bicyclic) bond motifs is 1. The van der Waals surface area contributed by atoms with Gasteiger partial charge in [-0.25, -0.2) is 0 Å². The zero-order valence-electron chi connectivity index (χ0n) is 17.8. The number of ketones is 1. The highest BCUT2D eigenvalue weighted by atomic mass is 32.2. The van der Waals surface area contributed by atoms with Gasteiger partial charge in [0.15, 0.2) is 28.3 Å². The first-order valence-corrected chi connectivity index (χ1v) is 11.3. The summed E-state index contributed by atoms with van der Waals surface area (Å²) in [6, 6.07) is 17.7. The van der Waals surface area contributed by atoms with Crippen LogP contribution in [0.5, 0.6) is 11.5 Å². The van der Waals surface area contributed by atoms with Crippen LogP contribution in [0.25, 0.3) is 11.4 Å². The van der Waals surface area contributed by atoms with Gasteiger partial charge in [-0.15, -0.1) is 10.2 Å². The zero-order chi connectivity index (χ0) is 22.1. The lowest BCUT2D eigenvalue weighted by molar-refractivity contribution is 0.102. The van der Waals surface area contributed by atoms with Gasteiger partial charge in [0, 0.05) is 22.5 Å². The molecule has 0 unspecified atom stereocenters. The number of carbonyl (C=O) groups is 1. The van der Waals surface area contributed by atoms with E-state index in [4.69, 9.17) is 9.47 Å². The predicted octanol–water partition coefficient (Wildman–Crippen LogP) is 4.64. The van der Waals surface area contributed by atoms with Crippen LogP contribution in [0.15, 0.2) is 59.8 Å². The van der Waals surface area contributed by atoms with Gasteiger partial charge in [-0.05, 0) is 37.6 Å². The van der Waals surface area contributed by atoms with Crippen LogP contribution in [0, 0.1) is 13.8 Å². The summed E-state index contributed by atoms with van der Waals surface area (Å²) in [5.41, 5.74) is 4.60. The summed E-state index contributed by atoms with van der Waals surface area (Å²) in [6.07, 6.45) is 0. The quantitative estimate of drug-likeness (QED) is 0.329. The summed E-state index contributed by atoms with van der Waals surface area (Å²) in [4.78, 5) is 16.0. The van der Waals surface area contributed by atoms with E-state index in [2.05, 4.69) is 15.2 Å². The van der Waals surface area contributed by atoms with Gasteiger partial charge >= 0.3 is 0 Å². The number of benzene rings is 2. The van der Waals surface area contributed by atoms with E-state index < -0.39 is 0 Å². The number of rotatable bonds is 7. The smallest absolute Gasteiger partial charge is 0.231 e. The highest BCUT2D eigenvalue weighted by Gasteiger charge is 2.19. The monoisotopic (exact) mass is 446 g/mol. The number of ether oxygens (including phenoxy) is 2. The van der Waals surface area contributed by atoms with Crippen molar-refractivity contribution in [2.75, 3.05) is 12.5 Å². The first kappa shape index (κ1) is 20.4. The molecule has 0 amide bonds. The number of nitrogens with one attached hydrogen (secondary N) is 1. The van der Waals surface area contributed by atoms with Crippen molar-refractivity contribution >= 4 is 17.5 Å². The third-order valence-corrected chi connectivity index (χ3v) is 6.28. The number of H-pyrrole nitrogens is 1. The minimum atomic E-state index is 0.0655. The Morgan fingerprint density at radius 1 is 1.06 bits per heavy atom. The maximum atomic E-state index is 12.8. The second-order valence-corrected chi connectivity index (χ2v) is 8.59. The number of nitrogens with zero attached hydrogens (tertiary/aromatic N) is 3. The molecule has 3 heterocycles. The molecule has 0 saturated carbocycles. The molecular weight excluding hydrogens is 424 g/mol. The Balaban J connectivity index is 1.44. The molecule has 162 valence electrons. The van der Waals surface area contributed by atoms with E-state index in [1.807, 2.05) is 73.0 Å². The van der Waals surface area contributed by atoms with E-state index in [1.165, 1.54) is 11.8 Å². The van der Waals surface area contributed by atoms with Gasteiger partial charge in [0.05, 0.1) is 12.3 Å². The molecular formula is C24H22N4O3S. The second kappa shape index (κ2) is 8.55. The third kappa shape index (κ3) is 4.01. The van der Waals surface area contributed by atoms with Crippen LogP contribution in [-0.4, -0.2) is 38.1 Å². The number of carbonyl (C=O) groups excluding carboxylic acids is 1. The highest BCUT2D eigenvalue weighted by molar-refractivity contribution is 7.99. The lowest BCUT2D eigenvalue weighted by Crippen LogP contribution is -2.07. The number of aryl methyl sites for hydroxylation is 2. The maximum absolute atomic E-state index is 12.8. The molecule has 7 nitrogen and oxygen atoms in total. The molecule has 0 saturated heterocycles. The molecule has 2 aromatic heterocycles. The first-order valence-electron chi connectivity index (χ1n) is 10.3. The van der Waals surface area contributed by atoms with E-state index >= 15 is 0 Å². The largest absolute Gasteiger partial charge is 0.454 e. The van der Waals surface area contributed by atoms with Crippen molar-refractivity contribution in [3.8, 4) is 22.9 Å². The second-order valence-electron chi connectivity index (χ2n) is 7.65. The molecule has 8 heteroatoms. The summed E-state index contributed by atoms with van der Waals surface area (Å²) >= 11 is 1.40. The van der Waals surface area contributed by atoms with E-state index in [0.717, 1.165) is 45.4 Å². The maximum Gasteiger partial charge on any atom is 0.231 e. The fourth-order valence-corrected chi connectivity index (χ4v) is 4.60. The molecule has 0 fully saturated rings. The molecule has 0 aliphatic carbocycles. The number of hydrogen-bond acceptors (Lipinski definition) is 6. The molecule has 0 bridgehead atoms. The minimum absolute atomic E-state index is 0.0655. The highest BCUT2D eigenvalue weighted by Crippen LogP contribution is 2.34. The first-order chi connectivity index (χ1) is 15.6. The Morgan fingerprint density at radius 2 is 1.88 bits per heavy atom. The number of aromatic nitrogens is 4. The molecule has 32 heavy (non-hydrogen) atoms. The van der Waals surface area contributed by atoms with Crippen molar-refractivity contribution < 1.29 is 14.3 Å². The number of aromatic amines is 1. The third-order valence-electron chi connectivity index (χ3n) is 5.31. The summed E-state index contributed by atoms with van der Waals surface area (Å²) in [7, 11) is 0. The Kier molecular flexibility index (Phi) is 5.45. The van der Waals surface area contributed by atoms with Gasteiger partial charge in [-0.1, -0.05) is 48.2 Å². The zero-order valence-corrected chi connectivity index (χ0v) is 18.6. The molecule has 2 aromatic carbocycles. The Morgan fingerprint density at radius 3 is 2.66 bits per heavy atom. The predicted molar refractivity (Wildman–Crippen MR) is 122 cm³/mol. The average Bonchev–Trinajstić information content (AvgIpc) is 3.51. The van der Waals surface area contributed by atoms with Crippen LogP contribution in [0.4, 0.5) is 0 Å². The fourth-order valence-electron chi connectivity index (χ4n) is 3.78. The summed E-state index contributed by atoms with van der Waals surface area (Å²) in [5, 5.41) is 9.55. The van der Waals surface area contributed by atoms with Gasteiger partial charge in [-0.2, -0.15) is 0 Å². The van der Waals surface area contributed by atoms with Gasteiger partial charge in [0.2, 0.25) is 6.79 Å². The Bertz CT molecular complexity index is 1280. The molecule has 0 atom stereocenters. The summed E-state index contributed by atoms with van der Waals surface area (Å²) in [5.74, 6) is 2.59. The van der Waals surface area contributed by atoms with Crippen molar-refractivity contribution in [2.24, 2.45) is 0 Å². The van der Waals surface area contributed by atoms with E-state index in [9.17, 15) is 4.79 Å². The SMILES string of the molecule is Cc1cc(C(=O)CSc2nnc(-c3ccccc3)n2Cc2ccc3c(c2)OCO3)c(C)[nH]1. The summed E-state index contributed by atoms with van der Waals surface area (Å²) < 4.78 is 13.0. The standard InChI is InChI=1S/C24H22N4O3S/c1-15-10-19(16(2)25-15)20(29)13-32-24-27-26-23(18-6-4-3-5-7-18)28(24)12-17-8-9-21-22(11-17)31-14-30-21/h3-11,25H,12-14H2,1-2H3. The molecule has 1 aliphatic rings. The van der Waals surface area contributed by atoms with Gasteiger partial charge in [0.1, 0.15) is 0 Å². The lowest BCUT2D eigenvalue weighted by atomic mass is 10.2. The van der Waals surface area contributed by atoms with Crippen LogP contribution in [0.3, 0.4) is 0 Å². The van der Waals surface area contributed by atoms with Gasteiger partial charge in [0.25, 0.3) is 0 Å². The van der Waals surface area contributed by atoms with E-state index in [0.29, 0.717) is 11.7 Å². The fraction of sp³-hybridized carbons (Fsp3) is 0.208. The van der Waals surface area contributed by atoms with Gasteiger partial charge in [-0.3, -0.25) is 9.36 Å².